The number of benzene rings is 3. The number of nitrogens with zero attached hydrogens (tertiary/aromatic N) is 3. The Hall–Kier alpha value is -4.01. The molecule has 0 aliphatic carbocycles. The van der Waals surface area contributed by atoms with Crippen LogP contribution < -0.4 is 10.6 Å². The third-order valence-corrected chi connectivity index (χ3v) is 7.12. The van der Waals surface area contributed by atoms with Crippen molar-refractivity contribution in [2.45, 2.75) is 18.4 Å². The summed E-state index contributed by atoms with van der Waals surface area (Å²) >= 11 is 5.91. The Morgan fingerprint density at radius 2 is 1.70 bits per heavy atom. The molecule has 9 heteroatoms. The molecule has 7 nitrogen and oxygen atoms in total. The van der Waals surface area contributed by atoms with E-state index < -0.39 is 10.8 Å². The molecule has 1 atom stereocenters. The lowest BCUT2D eigenvalue weighted by Crippen LogP contribution is -2.22. The number of pyridine rings is 1. The first-order chi connectivity index (χ1) is 17.9. The minimum atomic E-state index is -1.03. The van der Waals surface area contributed by atoms with Gasteiger partial charge in [0.2, 0.25) is 5.95 Å². The van der Waals surface area contributed by atoms with Crippen molar-refractivity contribution in [3.05, 3.63) is 107 Å². The van der Waals surface area contributed by atoms with Crippen molar-refractivity contribution < 1.29 is 9.00 Å². The predicted octanol–water partition coefficient (Wildman–Crippen LogP) is 5.77. The third kappa shape index (κ3) is 5.71. The maximum Gasteiger partial charge on any atom is 0.251 e. The quantitative estimate of drug-likeness (QED) is 0.279. The van der Waals surface area contributed by atoms with Crippen molar-refractivity contribution in [3.8, 4) is 11.1 Å². The zero-order valence-corrected chi connectivity index (χ0v) is 21.8. The molecule has 37 heavy (non-hydrogen) atoms. The van der Waals surface area contributed by atoms with Gasteiger partial charge in [-0.3, -0.25) is 9.00 Å². The zero-order valence-electron chi connectivity index (χ0n) is 20.2. The number of carbonyl (C=O) groups excluding carboxylic acids is 1. The molecule has 5 rings (SSSR count). The number of carbonyl (C=O) groups is 1. The van der Waals surface area contributed by atoms with Crippen LogP contribution in [-0.2, 0) is 17.3 Å². The van der Waals surface area contributed by atoms with Gasteiger partial charge in [0, 0.05) is 56.5 Å². The van der Waals surface area contributed by atoms with E-state index in [1.807, 2.05) is 67.7 Å². The Morgan fingerprint density at radius 1 is 0.973 bits per heavy atom. The number of nitrogens with one attached hydrogen (secondary N) is 2. The minimum absolute atomic E-state index is 0.141. The van der Waals surface area contributed by atoms with E-state index in [0.717, 1.165) is 32.8 Å². The molecule has 0 radical (unpaired) electrons. The van der Waals surface area contributed by atoms with Crippen LogP contribution in [0.2, 0.25) is 5.02 Å². The maximum atomic E-state index is 12.6. The molecule has 0 unspecified atom stereocenters. The van der Waals surface area contributed by atoms with Crippen molar-refractivity contribution >= 4 is 45.6 Å². The third-order valence-electron chi connectivity index (χ3n) is 5.95. The van der Waals surface area contributed by atoms with Gasteiger partial charge in [-0.15, -0.1) is 5.10 Å². The van der Waals surface area contributed by atoms with E-state index in [-0.39, 0.29) is 5.91 Å². The van der Waals surface area contributed by atoms with Crippen LogP contribution in [0.3, 0.4) is 0 Å². The number of hydrogen-bond donors (Lipinski definition) is 2. The molecule has 2 N–H and O–H groups in total. The molecule has 0 saturated heterocycles. The van der Waals surface area contributed by atoms with Gasteiger partial charge in [-0.05, 0) is 78.2 Å². The Labute approximate surface area is 222 Å². The molecule has 2 aromatic heterocycles. The van der Waals surface area contributed by atoms with E-state index >= 15 is 0 Å². The lowest BCUT2D eigenvalue weighted by atomic mass is 10.1. The molecule has 1 amide bonds. The van der Waals surface area contributed by atoms with Gasteiger partial charge in [-0.1, -0.05) is 35.9 Å². The van der Waals surface area contributed by atoms with Crippen molar-refractivity contribution in [3.63, 3.8) is 0 Å². The van der Waals surface area contributed by atoms with Crippen LogP contribution >= 0.6 is 11.6 Å². The summed E-state index contributed by atoms with van der Waals surface area (Å²) in [6, 6.07) is 24.3. The number of halogens is 1. The molecule has 0 aliphatic rings. The van der Waals surface area contributed by atoms with E-state index in [1.54, 1.807) is 35.0 Å². The summed E-state index contributed by atoms with van der Waals surface area (Å²) in [4.78, 5) is 17.9. The smallest absolute Gasteiger partial charge is 0.251 e. The van der Waals surface area contributed by atoms with Crippen molar-refractivity contribution in [2.75, 3.05) is 11.6 Å². The molecule has 0 fully saturated rings. The molecule has 0 spiro atoms. The standard InChI is InChI=1S/C28H24ClN5O2S/c1-18-15-24(37(2)36)12-13-25(18)31-28-32-26-14-9-22(17-34(26)33-28)20-5-7-21(8-6-20)27(35)30-16-19-3-10-23(29)11-4-19/h3-15,17H,16H2,1-2H3,(H,30,35)(H,31,33)/t37-/m1/s1. The van der Waals surface area contributed by atoms with Crippen LogP contribution in [0.5, 0.6) is 0 Å². The van der Waals surface area contributed by atoms with E-state index in [4.69, 9.17) is 11.6 Å². The highest BCUT2D eigenvalue weighted by molar-refractivity contribution is 7.84. The highest BCUT2D eigenvalue weighted by atomic mass is 35.5. The number of aromatic nitrogens is 3. The van der Waals surface area contributed by atoms with E-state index in [0.29, 0.717) is 28.7 Å². The molecule has 2 heterocycles. The van der Waals surface area contributed by atoms with Gasteiger partial charge >= 0.3 is 0 Å². The summed E-state index contributed by atoms with van der Waals surface area (Å²) in [6.45, 7) is 2.38. The topological polar surface area (TPSA) is 88.4 Å². The number of amides is 1. The summed E-state index contributed by atoms with van der Waals surface area (Å²) in [5.41, 5.74) is 5.99. The highest BCUT2D eigenvalue weighted by Gasteiger charge is 2.10. The van der Waals surface area contributed by atoms with Crippen molar-refractivity contribution in [2.24, 2.45) is 0 Å². The first-order valence-electron chi connectivity index (χ1n) is 11.6. The zero-order chi connectivity index (χ0) is 25.9. The highest BCUT2D eigenvalue weighted by Crippen LogP contribution is 2.24. The van der Waals surface area contributed by atoms with Gasteiger partial charge in [0.25, 0.3) is 5.91 Å². The number of fused-ring (bicyclic) bond motifs is 1. The molecule has 0 aliphatic heterocycles. The molecule has 5 aromatic rings. The average molecular weight is 530 g/mol. The number of hydrogen-bond acceptors (Lipinski definition) is 5. The van der Waals surface area contributed by atoms with Crippen LogP contribution in [-0.4, -0.2) is 31.0 Å². The van der Waals surface area contributed by atoms with Crippen LogP contribution in [0.4, 0.5) is 11.6 Å². The molecular weight excluding hydrogens is 506 g/mol. The second-order valence-corrected chi connectivity index (χ2v) is 10.4. The van der Waals surface area contributed by atoms with Gasteiger partial charge in [-0.2, -0.15) is 4.98 Å². The Kier molecular flexibility index (Phi) is 7.03. The summed E-state index contributed by atoms with van der Waals surface area (Å²) in [5.74, 6) is 0.329. The number of anilines is 2. The largest absolute Gasteiger partial charge is 0.348 e. The fourth-order valence-corrected chi connectivity index (χ4v) is 4.61. The second-order valence-electron chi connectivity index (χ2n) is 8.60. The first-order valence-corrected chi connectivity index (χ1v) is 13.5. The van der Waals surface area contributed by atoms with E-state index in [2.05, 4.69) is 20.7 Å². The van der Waals surface area contributed by atoms with Gasteiger partial charge in [0.15, 0.2) is 5.65 Å². The van der Waals surface area contributed by atoms with E-state index in [1.165, 1.54) is 0 Å². The monoisotopic (exact) mass is 529 g/mol. The van der Waals surface area contributed by atoms with Gasteiger partial charge < -0.3 is 10.6 Å². The average Bonchev–Trinajstić information content (AvgIpc) is 3.31. The predicted molar refractivity (Wildman–Crippen MR) is 148 cm³/mol. The Bertz CT molecular complexity index is 1610. The maximum absolute atomic E-state index is 12.6. The fraction of sp³-hybridized carbons (Fsp3) is 0.107. The normalized spacial score (nSPS) is 11.9. The first kappa shape index (κ1) is 24.7. The number of rotatable bonds is 7. The van der Waals surface area contributed by atoms with Crippen LogP contribution in [0.1, 0.15) is 21.5 Å². The summed E-state index contributed by atoms with van der Waals surface area (Å²) < 4.78 is 13.4. The molecule has 3 aromatic carbocycles. The minimum Gasteiger partial charge on any atom is -0.348 e. The second kappa shape index (κ2) is 10.5. The van der Waals surface area contributed by atoms with Crippen molar-refractivity contribution in [1.29, 1.82) is 0 Å². The molecule has 0 saturated carbocycles. The summed E-state index contributed by atoms with van der Waals surface area (Å²) in [6.07, 6.45) is 3.56. The molecule has 186 valence electrons. The summed E-state index contributed by atoms with van der Waals surface area (Å²) in [5, 5.41) is 11.4. The molecule has 0 bridgehead atoms. The SMILES string of the molecule is Cc1cc([S@@](C)=O)ccc1Nc1nc2ccc(-c3ccc(C(=O)NCc4ccc(Cl)cc4)cc3)cn2n1. The lowest BCUT2D eigenvalue weighted by molar-refractivity contribution is 0.0951. The van der Waals surface area contributed by atoms with Gasteiger partial charge in [-0.25, -0.2) is 4.52 Å². The van der Waals surface area contributed by atoms with Gasteiger partial charge in [0.1, 0.15) is 0 Å². The van der Waals surface area contributed by atoms with Crippen LogP contribution in [0.25, 0.3) is 16.8 Å². The Balaban J connectivity index is 1.28. The molecular formula is C28H24ClN5O2S. The fourth-order valence-electron chi connectivity index (χ4n) is 3.88. The lowest BCUT2D eigenvalue weighted by Gasteiger charge is -2.07. The number of aryl methyl sites for hydroxylation is 1. The van der Waals surface area contributed by atoms with Crippen LogP contribution in [0, 0.1) is 6.92 Å². The van der Waals surface area contributed by atoms with E-state index in [9.17, 15) is 9.00 Å². The van der Waals surface area contributed by atoms with Crippen molar-refractivity contribution in [1.82, 2.24) is 19.9 Å². The van der Waals surface area contributed by atoms with Gasteiger partial charge in [0.05, 0.1) is 0 Å². The summed E-state index contributed by atoms with van der Waals surface area (Å²) in [7, 11) is -1.03. The Morgan fingerprint density at radius 3 is 2.41 bits per heavy atom. The van der Waals surface area contributed by atoms with Crippen LogP contribution in [0.15, 0.2) is 90.0 Å².